The minimum atomic E-state index is -0.973. The number of hydrogen-bond acceptors (Lipinski definition) is 5. The van der Waals surface area contributed by atoms with Crippen molar-refractivity contribution in [2.45, 2.75) is 6.42 Å². The fourth-order valence-corrected chi connectivity index (χ4v) is 4.35. The highest BCUT2D eigenvalue weighted by molar-refractivity contribution is 6.30. The number of carboxylic acid groups (broad SMARTS) is 1. The summed E-state index contributed by atoms with van der Waals surface area (Å²) in [6.07, 6.45) is 1.50. The van der Waals surface area contributed by atoms with Crippen LogP contribution in [0.2, 0.25) is 5.02 Å². The molecule has 0 saturated heterocycles. The molecule has 2 N–H and O–H groups in total. The largest absolute Gasteiger partial charge is 0.497 e. The zero-order valence-corrected chi connectivity index (χ0v) is 21.7. The molecule has 5 aromatic rings. The Kier molecular flexibility index (Phi) is 7.47. The summed E-state index contributed by atoms with van der Waals surface area (Å²) < 4.78 is 13.4. The summed E-state index contributed by atoms with van der Waals surface area (Å²) in [5, 5.41) is 18.6. The van der Waals surface area contributed by atoms with Crippen molar-refractivity contribution in [3.05, 3.63) is 102 Å². The molecule has 0 radical (unpaired) electrons. The van der Waals surface area contributed by atoms with E-state index in [9.17, 15) is 9.59 Å². The van der Waals surface area contributed by atoms with E-state index in [2.05, 4.69) is 16.5 Å². The van der Waals surface area contributed by atoms with E-state index in [0.29, 0.717) is 22.1 Å². The monoisotopic (exact) mass is 541 g/mol. The number of carboxylic acids is 1. The lowest BCUT2D eigenvalue weighted by molar-refractivity contribution is -0.136. The average molecular weight is 542 g/mol. The van der Waals surface area contributed by atoms with Crippen LogP contribution in [-0.2, 0) is 4.79 Å². The van der Waals surface area contributed by atoms with E-state index >= 15 is 0 Å². The molecule has 0 unspecified atom stereocenters. The first kappa shape index (κ1) is 25.8. The van der Waals surface area contributed by atoms with Crippen molar-refractivity contribution in [3.8, 4) is 34.2 Å². The third-order valence-electron chi connectivity index (χ3n) is 6.08. The Morgan fingerprint density at radius 2 is 1.69 bits per heavy atom. The van der Waals surface area contributed by atoms with Gasteiger partial charge in [0.05, 0.1) is 25.4 Å². The van der Waals surface area contributed by atoms with Crippen LogP contribution in [0.25, 0.3) is 27.7 Å². The Bertz CT molecular complexity index is 1660. The van der Waals surface area contributed by atoms with E-state index in [4.69, 9.17) is 26.2 Å². The summed E-state index contributed by atoms with van der Waals surface area (Å²) in [5.74, 6) is 0.475. The van der Waals surface area contributed by atoms with Crippen molar-refractivity contribution < 1.29 is 24.2 Å². The van der Waals surface area contributed by atoms with Gasteiger partial charge in [-0.2, -0.15) is 5.10 Å². The highest BCUT2D eigenvalue weighted by atomic mass is 35.5. The van der Waals surface area contributed by atoms with Crippen LogP contribution in [0, 0.1) is 0 Å². The number of nitrogens with zero attached hydrogens (tertiary/aromatic N) is 2. The van der Waals surface area contributed by atoms with Crippen LogP contribution >= 0.6 is 11.6 Å². The molecule has 0 bridgehead atoms. The third kappa shape index (κ3) is 5.86. The summed E-state index contributed by atoms with van der Waals surface area (Å²) in [7, 11) is 1.64. The maximum Gasteiger partial charge on any atom is 0.305 e. The molecule has 0 spiro atoms. The molecule has 4 aromatic carbocycles. The van der Waals surface area contributed by atoms with Crippen LogP contribution in [0.5, 0.6) is 17.2 Å². The van der Waals surface area contributed by atoms with Crippen molar-refractivity contribution in [2.75, 3.05) is 13.7 Å². The topological polar surface area (TPSA) is 103 Å². The zero-order chi connectivity index (χ0) is 27.4. The van der Waals surface area contributed by atoms with E-state index in [1.54, 1.807) is 48.3 Å². The molecule has 1 heterocycles. The minimum Gasteiger partial charge on any atom is -0.497 e. The van der Waals surface area contributed by atoms with E-state index in [1.165, 1.54) is 0 Å². The van der Waals surface area contributed by atoms with Gasteiger partial charge >= 0.3 is 5.97 Å². The number of carbonyl (C=O) groups is 2. The van der Waals surface area contributed by atoms with Gasteiger partial charge in [-0.3, -0.25) is 9.59 Å². The van der Waals surface area contributed by atoms with Gasteiger partial charge in [-0.15, -0.1) is 0 Å². The van der Waals surface area contributed by atoms with E-state index in [0.717, 1.165) is 33.5 Å². The first-order chi connectivity index (χ1) is 18.9. The van der Waals surface area contributed by atoms with Crippen molar-refractivity contribution in [1.82, 2.24) is 15.1 Å². The van der Waals surface area contributed by atoms with Gasteiger partial charge in [0, 0.05) is 22.7 Å². The number of halogens is 1. The van der Waals surface area contributed by atoms with Crippen LogP contribution < -0.4 is 14.8 Å². The zero-order valence-electron chi connectivity index (χ0n) is 20.9. The minimum absolute atomic E-state index is 0.0526. The second-order valence-electron chi connectivity index (χ2n) is 8.70. The molecular formula is C30H24ClN3O5. The van der Waals surface area contributed by atoms with Crippen molar-refractivity contribution in [1.29, 1.82) is 0 Å². The van der Waals surface area contributed by atoms with Gasteiger partial charge in [-0.25, -0.2) is 4.68 Å². The normalized spacial score (nSPS) is 10.8. The maximum atomic E-state index is 12.3. The fourth-order valence-electron chi connectivity index (χ4n) is 4.16. The van der Waals surface area contributed by atoms with Crippen LogP contribution in [-0.4, -0.2) is 40.4 Å². The number of hydrogen-bond donors (Lipinski definition) is 2. The highest BCUT2D eigenvalue weighted by Gasteiger charge is 2.18. The summed E-state index contributed by atoms with van der Waals surface area (Å²) in [6, 6.07) is 26.0. The second kappa shape index (κ2) is 11.3. The molecule has 0 saturated carbocycles. The Balaban J connectivity index is 1.48. The Morgan fingerprint density at radius 3 is 2.44 bits per heavy atom. The quantitative estimate of drug-likeness (QED) is 0.225. The molecule has 0 aliphatic heterocycles. The lowest BCUT2D eigenvalue weighted by Gasteiger charge is -2.13. The SMILES string of the molecule is COc1ccc2cc(-c3c(Oc4ccc(C(=O)NCCC(=O)O)cc4)cnn3-c3cccc(Cl)c3)ccc2c1. The number of aliphatic carboxylic acids is 1. The lowest BCUT2D eigenvalue weighted by Crippen LogP contribution is -2.25. The van der Waals surface area contributed by atoms with Gasteiger partial charge in [0.15, 0.2) is 5.75 Å². The standard InChI is InChI=1S/C30H24ClN3O5/c1-38-26-12-9-20-15-22(6-5-21(20)16-26)29-27(18-33-34(29)24-4-2-3-23(31)17-24)39-25-10-7-19(8-11-25)30(37)32-14-13-28(35)36/h2-12,15-18H,13-14H2,1H3,(H,32,37)(H,35,36). The fraction of sp³-hybridized carbons (Fsp3) is 0.100. The van der Waals surface area contributed by atoms with Crippen molar-refractivity contribution in [3.63, 3.8) is 0 Å². The van der Waals surface area contributed by atoms with Gasteiger partial charge in [-0.05, 0) is 71.4 Å². The molecule has 1 amide bonds. The second-order valence-corrected chi connectivity index (χ2v) is 9.14. The molecule has 196 valence electrons. The summed E-state index contributed by atoms with van der Waals surface area (Å²) in [4.78, 5) is 23.0. The summed E-state index contributed by atoms with van der Waals surface area (Å²) in [5.41, 5.74) is 2.78. The summed E-state index contributed by atoms with van der Waals surface area (Å²) in [6.45, 7) is 0.0526. The van der Waals surface area contributed by atoms with Gasteiger partial charge in [0.1, 0.15) is 17.2 Å². The number of methoxy groups -OCH3 is 1. The number of ether oxygens (including phenoxy) is 2. The number of fused-ring (bicyclic) bond motifs is 1. The smallest absolute Gasteiger partial charge is 0.305 e. The number of aromatic nitrogens is 2. The molecule has 9 heteroatoms. The van der Waals surface area contributed by atoms with Crippen LogP contribution in [0.3, 0.4) is 0 Å². The first-order valence-corrected chi connectivity index (χ1v) is 12.5. The lowest BCUT2D eigenvalue weighted by atomic mass is 10.0. The van der Waals surface area contributed by atoms with E-state index in [1.807, 2.05) is 48.5 Å². The molecule has 0 aliphatic carbocycles. The van der Waals surface area contributed by atoms with Crippen molar-refractivity contribution >= 4 is 34.2 Å². The summed E-state index contributed by atoms with van der Waals surface area (Å²) >= 11 is 6.28. The number of amides is 1. The van der Waals surface area contributed by atoms with E-state index < -0.39 is 5.97 Å². The molecule has 1 aromatic heterocycles. The highest BCUT2D eigenvalue weighted by Crippen LogP contribution is 2.37. The number of carbonyl (C=O) groups excluding carboxylic acids is 1. The van der Waals surface area contributed by atoms with Gasteiger partial charge in [0.25, 0.3) is 5.91 Å². The third-order valence-corrected chi connectivity index (χ3v) is 6.31. The van der Waals surface area contributed by atoms with Crippen molar-refractivity contribution in [2.24, 2.45) is 0 Å². The predicted octanol–water partition coefficient (Wildman–Crippen LogP) is 6.35. The number of benzene rings is 4. The van der Waals surface area contributed by atoms with Crippen LogP contribution in [0.1, 0.15) is 16.8 Å². The first-order valence-electron chi connectivity index (χ1n) is 12.1. The molecule has 8 nitrogen and oxygen atoms in total. The molecular weight excluding hydrogens is 518 g/mol. The average Bonchev–Trinajstić information content (AvgIpc) is 3.36. The molecule has 39 heavy (non-hydrogen) atoms. The molecule has 0 atom stereocenters. The number of rotatable bonds is 9. The Labute approximate surface area is 229 Å². The Morgan fingerprint density at radius 1 is 0.949 bits per heavy atom. The van der Waals surface area contributed by atoms with Crippen LogP contribution in [0.15, 0.2) is 91.1 Å². The molecule has 0 fully saturated rings. The maximum absolute atomic E-state index is 12.3. The van der Waals surface area contributed by atoms with Gasteiger partial charge in [-0.1, -0.05) is 35.9 Å². The molecule has 0 aliphatic rings. The van der Waals surface area contributed by atoms with E-state index in [-0.39, 0.29) is 18.9 Å². The Hall–Kier alpha value is -4.82. The van der Waals surface area contributed by atoms with Crippen LogP contribution in [0.4, 0.5) is 0 Å². The molecule has 5 rings (SSSR count). The number of nitrogens with one attached hydrogen (secondary N) is 1. The van der Waals surface area contributed by atoms with Gasteiger partial charge < -0.3 is 19.9 Å². The van der Waals surface area contributed by atoms with Gasteiger partial charge in [0.2, 0.25) is 0 Å². The predicted molar refractivity (Wildman–Crippen MR) is 149 cm³/mol.